The molecule has 0 heterocycles. The van der Waals surface area contributed by atoms with Gasteiger partial charge >= 0.3 is 5.97 Å². The van der Waals surface area contributed by atoms with Gasteiger partial charge in [-0.2, -0.15) is 5.10 Å². The van der Waals surface area contributed by atoms with Crippen molar-refractivity contribution in [2.75, 3.05) is 25.6 Å². The molecule has 9 nitrogen and oxygen atoms in total. The van der Waals surface area contributed by atoms with Gasteiger partial charge in [0.25, 0.3) is 0 Å². The molecule has 0 aliphatic heterocycles. The molecular weight excluding hydrogens is 409 g/mol. The van der Waals surface area contributed by atoms with Crippen molar-refractivity contribution in [2.24, 2.45) is 5.10 Å². The average molecular weight is 431 g/mol. The van der Waals surface area contributed by atoms with Gasteiger partial charge in [0.05, 0.1) is 19.9 Å². The van der Waals surface area contributed by atoms with Gasteiger partial charge in [-0.05, 0) is 55.0 Å². The van der Waals surface area contributed by atoms with Crippen LogP contribution in [0, 0.1) is 5.82 Å². The topological polar surface area (TPSA) is 115 Å². The van der Waals surface area contributed by atoms with E-state index < -0.39 is 30.0 Å². The fourth-order valence-corrected chi connectivity index (χ4v) is 2.33. The molecule has 164 valence electrons. The number of amides is 2. The Morgan fingerprint density at radius 1 is 1.06 bits per heavy atom. The highest BCUT2D eigenvalue weighted by atomic mass is 19.1. The van der Waals surface area contributed by atoms with E-state index in [9.17, 15) is 18.8 Å². The molecule has 31 heavy (non-hydrogen) atoms. The van der Waals surface area contributed by atoms with Gasteiger partial charge in [-0.15, -0.1) is 0 Å². The lowest BCUT2D eigenvalue weighted by molar-refractivity contribution is -0.145. The molecular formula is C21H22FN3O6. The summed E-state index contributed by atoms with van der Waals surface area (Å²) in [4.78, 5) is 35.1. The second kappa shape index (κ2) is 11.9. The van der Waals surface area contributed by atoms with Crippen LogP contribution in [0.15, 0.2) is 47.6 Å². The molecule has 0 atom stereocenters. The molecule has 2 aromatic rings. The fraction of sp³-hybridized carbons (Fsp3) is 0.238. The lowest BCUT2D eigenvalue weighted by Crippen LogP contribution is -2.24. The van der Waals surface area contributed by atoms with Gasteiger partial charge in [0.15, 0.2) is 18.1 Å². The number of anilines is 1. The minimum Gasteiger partial charge on any atom is -0.493 e. The van der Waals surface area contributed by atoms with Gasteiger partial charge in [-0.3, -0.25) is 9.59 Å². The number of nitrogens with one attached hydrogen (secondary N) is 2. The van der Waals surface area contributed by atoms with E-state index in [-0.39, 0.29) is 13.2 Å². The Bertz CT molecular complexity index is 947. The summed E-state index contributed by atoms with van der Waals surface area (Å²) < 4.78 is 28.2. The average Bonchev–Trinajstić information content (AvgIpc) is 2.74. The third-order valence-electron chi connectivity index (χ3n) is 3.69. The molecule has 0 aliphatic rings. The molecule has 2 rings (SSSR count). The maximum atomic E-state index is 12.9. The van der Waals surface area contributed by atoms with Crippen molar-refractivity contribution < 1.29 is 33.0 Å². The van der Waals surface area contributed by atoms with E-state index in [1.165, 1.54) is 37.6 Å². The molecule has 0 radical (unpaired) electrons. The van der Waals surface area contributed by atoms with Crippen LogP contribution in [-0.2, 0) is 19.1 Å². The number of hydrogen-bond donors (Lipinski definition) is 2. The number of methoxy groups -OCH3 is 1. The van der Waals surface area contributed by atoms with Gasteiger partial charge in [-0.1, -0.05) is 0 Å². The Labute approximate surface area is 178 Å². The van der Waals surface area contributed by atoms with E-state index in [0.717, 1.165) is 0 Å². The molecule has 10 heteroatoms. The predicted octanol–water partition coefficient (Wildman–Crippen LogP) is 2.26. The molecule has 2 amide bonds. The number of hydrogen-bond acceptors (Lipinski definition) is 7. The summed E-state index contributed by atoms with van der Waals surface area (Å²) in [6, 6.07) is 9.98. The standard InChI is InChI=1S/C21H22FN3O6/c1-3-30-21(28)13-31-17-9-4-14(10-18(17)29-2)12-23-25-20(27)11-19(26)24-16-7-5-15(22)6-8-16/h4-10,12H,3,11,13H2,1-2H3,(H,24,26)(H,25,27). The van der Waals surface area contributed by atoms with Crippen molar-refractivity contribution >= 4 is 29.7 Å². The van der Waals surface area contributed by atoms with Gasteiger partial charge < -0.3 is 19.5 Å². The summed E-state index contributed by atoms with van der Waals surface area (Å²) in [5, 5.41) is 6.27. The zero-order chi connectivity index (χ0) is 22.6. The Kier molecular flexibility index (Phi) is 8.96. The van der Waals surface area contributed by atoms with Gasteiger partial charge in [0.1, 0.15) is 12.2 Å². The minimum absolute atomic E-state index is 0.256. The van der Waals surface area contributed by atoms with E-state index in [0.29, 0.717) is 22.7 Å². The Morgan fingerprint density at radius 2 is 1.81 bits per heavy atom. The van der Waals surface area contributed by atoms with Crippen molar-refractivity contribution in [1.82, 2.24) is 5.43 Å². The monoisotopic (exact) mass is 431 g/mol. The first-order chi connectivity index (χ1) is 14.9. The van der Waals surface area contributed by atoms with Crippen LogP contribution in [-0.4, -0.2) is 44.3 Å². The number of carbonyl (C=O) groups excluding carboxylic acids is 3. The minimum atomic E-state index is -0.628. The molecule has 0 spiro atoms. The zero-order valence-corrected chi connectivity index (χ0v) is 17.0. The first-order valence-corrected chi connectivity index (χ1v) is 9.25. The SMILES string of the molecule is CCOC(=O)COc1ccc(C=NNC(=O)CC(=O)Nc2ccc(F)cc2)cc1OC. The number of esters is 1. The van der Waals surface area contributed by atoms with Gasteiger partial charge in [-0.25, -0.2) is 14.6 Å². The maximum Gasteiger partial charge on any atom is 0.344 e. The van der Waals surface area contributed by atoms with Crippen molar-refractivity contribution in [1.29, 1.82) is 0 Å². The number of hydrazone groups is 1. The molecule has 0 saturated heterocycles. The quantitative estimate of drug-likeness (QED) is 0.258. The van der Waals surface area contributed by atoms with Crippen molar-refractivity contribution in [3.8, 4) is 11.5 Å². The molecule has 0 fully saturated rings. The van der Waals surface area contributed by atoms with Gasteiger partial charge in [0.2, 0.25) is 11.8 Å². The maximum absolute atomic E-state index is 12.9. The highest BCUT2D eigenvalue weighted by molar-refractivity contribution is 6.03. The number of benzene rings is 2. The van der Waals surface area contributed by atoms with E-state index in [2.05, 4.69) is 15.8 Å². The van der Waals surface area contributed by atoms with Crippen molar-refractivity contribution in [3.63, 3.8) is 0 Å². The van der Waals surface area contributed by atoms with Crippen LogP contribution in [0.25, 0.3) is 0 Å². The smallest absolute Gasteiger partial charge is 0.344 e. The third kappa shape index (κ3) is 8.13. The second-order valence-electron chi connectivity index (χ2n) is 6.03. The molecule has 0 unspecified atom stereocenters. The summed E-state index contributed by atoms with van der Waals surface area (Å²) in [5.41, 5.74) is 3.19. The van der Waals surface area contributed by atoms with E-state index in [1.807, 2.05) is 0 Å². The number of halogens is 1. The normalized spacial score (nSPS) is 10.4. The van der Waals surface area contributed by atoms with Crippen LogP contribution < -0.4 is 20.2 Å². The van der Waals surface area contributed by atoms with Crippen molar-refractivity contribution in [3.05, 3.63) is 53.8 Å². The highest BCUT2D eigenvalue weighted by Crippen LogP contribution is 2.27. The van der Waals surface area contributed by atoms with Gasteiger partial charge in [0, 0.05) is 5.69 Å². The summed E-state index contributed by atoms with van der Waals surface area (Å²) in [6.45, 7) is 1.70. The number of rotatable bonds is 10. The molecule has 0 saturated carbocycles. The molecule has 2 N–H and O–H groups in total. The highest BCUT2D eigenvalue weighted by Gasteiger charge is 2.10. The first-order valence-electron chi connectivity index (χ1n) is 9.25. The number of ether oxygens (including phenoxy) is 3. The lowest BCUT2D eigenvalue weighted by Gasteiger charge is -2.10. The largest absolute Gasteiger partial charge is 0.493 e. The number of carbonyl (C=O) groups is 3. The molecule has 0 aliphatic carbocycles. The third-order valence-corrected chi connectivity index (χ3v) is 3.69. The summed E-state index contributed by atoms with van der Waals surface area (Å²) >= 11 is 0. The number of nitrogens with zero attached hydrogens (tertiary/aromatic N) is 1. The van der Waals surface area contributed by atoms with E-state index in [4.69, 9.17) is 14.2 Å². The van der Waals surface area contributed by atoms with Crippen LogP contribution in [0.2, 0.25) is 0 Å². The summed E-state index contributed by atoms with van der Waals surface area (Å²) in [7, 11) is 1.44. The van der Waals surface area contributed by atoms with Crippen LogP contribution in [0.4, 0.5) is 10.1 Å². The van der Waals surface area contributed by atoms with Crippen LogP contribution in [0.1, 0.15) is 18.9 Å². The molecule has 2 aromatic carbocycles. The van der Waals surface area contributed by atoms with E-state index >= 15 is 0 Å². The van der Waals surface area contributed by atoms with Crippen LogP contribution in [0.5, 0.6) is 11.5 Å². The second-order valence-corrected chi connectivity index (χ2v) is 6.03. The molecule has 0 aromatic heterocycles. The van der Waals surface area contributed by atoms with Crippen LogP contribution in [0.3, 0.4) is 0 Å². The van der Waals surface area contributed by atoms with Crippen LogP contribution >= 0.6 is 0 Å². The Balaban J connectivity index is 1.85. The fourth-order valence-electron chi connectivity index (χ4n) is 2.33. The van der Waals surface area contributed by atoms with E-state index in [1.54, 1.807) is 25.1 Å². The Hall–Kier alpha value is -3.95. The summed E-state index contributed by atoms with van der Waals surface area (Å²) in [6.07, 6.45) is 0.895. The molecule has 0 bridgehead atoms. The zero-order valence-electron chi connectivity index (χ0n) is 17.0. The van der Waals surface area contributed by atoms with Crippen molar-refractivity contribution in [2.45, 2.75) is 13.3 Å². The lowest BCUT2D eigenvalue weighted by atomic mass is 10.2. The predicted molar refractivity (Wildman–Crippen MR) is 111 cm³/mol. The first kappa shape index (κ1) is 23.3. The Morgan fingerprint density at radius 3 is 2.48 bits per heavy atom. The summed E-state index contributed by atoms with van der Waals surface area (Å²) in [5.74, 6) is -1.42.